The number of aryl methyl sites for hydroxylation is 2. The van der Waals surface area contributed by atoms with E-state index in [0.29, 0.717) is 6.04 Å². The maximum absolute atomic E-state index is 4.57. The Labute approximate surface area is 118 Å². The number of nitrogens with one attached hydrogen (secondary N) is 1. The average Bonchev–Trinajstić information content (AvgIpc) is 2.97. The summed E-state index contributed by atoms with van der Waals surface area (Å²) >= 11 is 1.65. The third-order valence-corrected chi connectivity index (χ3v) is 4.12. The highest BCUT2D eigenvalue weighted by atomic mass is 32.1. The van der Waals surface area contributed by atoms with Crippen LogP contribution in [0, 0.1) is 13.8 Å². The van der Waals surface area contributed by atoms with Crippen molar-refractivity contribution in [2.75, 3.05) is 6.54 Å². The summed E-state index contributed by atoms with van der Waals surface area (Å²) < 4.78 is 2.07. The summed E-state index contributed by atoms with van der Waals surface area (Å²) in [4.78, 5) is 4.30. The lowest BCUT2D eigenvalue weighted by Gasteiger charge is -2.14. The highest BCUT2D eigenvalue weighted by Gasteiger charge is 2.16. The summed E-state index contributed by atoms with van der Waals surface area (Å²) in [5, 5.41) is 10.3. The summed E-state index contributed by atoms with van der Waals surface area (Å²) in [5.41, 5.74) is 6.79. The van der Waals surface area contributed by atoms with Crippen molar-refractivity contribution in [1.29, 1.82) is 0 Å². The molecule has 2 aromatic heterocycles. The van der Waals surface area contributed by atoms with Crippen LogP contribution in [0.5, 0.6) is 0 Å². The van der Waals surface area contributed by atoms with E-state index in [1.54, 1.807) is 11.3 Å². The zero-order valence-corrected chi connectivity index (χ0v) is 12.9. The summed E-state index contributed by atoms with van der Waals surface area (Å²) in [7, 11) is 0. The number of aromatic nitrogens is 3. The molecular formula is C14H22N4S. The van der Waals surface area contributed by atoms with Gasteiger partial charge >= 0.3 is 0 Å². The molecule has 5 heteroatoms. The van der Waals surface area contributed by atoms with E-state index in [2.05, 4.69) is 53.2 Å². The summed E-state index contributed by atoms with van der Waals surface area (Å²) in [6.45, 7) is 10.4. The fourth-order valence-electron chi connectivity index (χ4n) is 2.53. The normalized spacial score (nSPS) is 12.8. The number of rotatable bonds is 6. The molecule has 1 atom stereocenters. The van der Waals surface area contributed by atoms with E-state index in [1.165, 1.54) is 17.0 Å². The summed E-state index contributed by atoms with van der Waals surface area (Å²) in [5.74, 6) is 0. The standard InChI is InChI=1S/C14H22N4S/c1-5-18-12(4)14(11(3)17-18)10(2)15-7-6-13-8-19-9-16-13/h8-10,15H,5-7H2,1-4H3. The highest BCUT2D eigenvalue weighted by molar-refractivity contribution is 7.07. The zero-order valence-electron chi connectivity index (χ0n) is 12.1. The van der Waals surface area contributed by atoms with Crippen molar-refractivity contribution in [3.63, 3.8) is 0 Å². The lowest BCUT2D eigenvalue weighted by molar-refractivity contribution is 0.566. The van der Waals surface area contributed by atoms with Crippen molar-refractivity contribution in [3.8, 4) is 0 Å². The van der Waals surface area contributed by atoms with Crippen LogP contribution < -0.4 is 5.32 Å². The lowest BCUT2D eigenvalue weighted by atomic mass is 10.1. The van der Waals surface area contributed by atoms with Crippen LogP contribution >= 0.6 is 11.3 Å². The molecule has 2 aromatic rings. The van der Waals surface area contributed by atoms with E-state index < -0.39 is 0 Å². The third kappa shape index (κ3) is 3.22. The molecule has 0 aliphatic heterocycles. The predicted octanol–water partition coefficient (Wildman–Crippen LogP) is 2.87. The molecule has 2 heterocycles. The van der Waals surface area contributed by atoms with E-state index in [-0.39, 0.29) is 0 Å². The van der Waals surface area contributed by atoms with Gasteiger partial charge in [0.05, 0.1) is 16.9 Å². The third-order valence-electron chi connectivity index (χ3n) is 3.49. The molecule has 0 bridgehead atoms. The van der Waals surface area contributed by atoms with Crippen molar-refractivity contribution < 1.29 is 0 Å². The van der Waals surface area contributed by atoms with Crippen LogP contribution in [-0.4, -0.2) is 21.3 Å². The largest absolute Gasteiger partial charge is 0.310 e. The topological polar surface area (TPSA) is 42.7 Å². The van der Waals surface area contributed by atoms with Crippen molar-refractivity contribution in [1.82, 2.24) is 20.1 Å². The van der Waals surface area contributed by atoms with Crippen molar-refractivity contribution in [3.05, 3.63) is 33.5 Å². The predicted molar refractivity (Wildman–Crippen MR) is 79.6 cm³/mol. The van der Waals surface area contributed by atoms with E-state index in [0.717, 1.165) is 25.2 Å². The molecule has 0 aromatic carbocycles. The molecule has 1 unspecified atom stereocenters. The first kappa shape index (κ1) is 14.2. The molecule has 0 saturated heterocycles. The first-order valence-electron chi connectivity index (χ1n) is 6.77. The van der Waals surface area contributed by atoms with Gasteiger partial charge in [-0.2, -0.15) is 5.10 Å². The first-order chi connectivity index (χ1) is 9.13. The Hall–Kier alpha value is -1.20. The molecule has 0 saturated carbocycles. The van der Waals surface area contributed by atoms with Gasteiger partial charge in [-0.1, -0.05) is 0 Å². The minimum atomic E-state index is 0.332. The Morgan fingerprint density at radius 1 is 1.42 bits per heavy atom. The minimum absolute atomic E-state index is 0.332. The van der Waals surface area contributed by atoms with Crippen LogP contribution in [0.25, 0.3) is 0 Å². The van der Waals surface area contributed by atoms with Gasteiger partial charge in [-0.15, -0.1) is 11.3 Å². The first-order valence-corrected chi connectivity index (χ1v) is 7.72. The van der Waals surface area contributed by atoms with Crippen LogP contribution in [-0.2, 0) is 13.0 Å². The highest BCUT2D eigenvalue weighted by Crippen LogP contribution is 2.21. The van der Waals surface area contributed by atoms with Gasteiger partial charge in [0.25, 0.3) is 0 Å². The molecule has 19 heavy (non-hydrogen) atoms. The molecule has 0 fully saturated rings. The molecule has 0 spiro atoms. The second-order valence-corrected chi connectivity index (χ2v) is 5.52. The van der Waals surface area contributed by atoms with Crippen molar-refractivity contribution in [2.45, 2.75) is 46.7 Å². The van der Waals surface area contributed by atoms with Crippen LogP contribution in [0.3, 0.4) is 0 Å². The Balaban J connectivity index is 1.96. The maximum atomic E-state index is 4.57. The molecular weight excluding hydrogens is 256 g/mol. The molecule has 4 nitrogen and oxygen atoms in total. The zero-order chi connectivity index (χ0) is 13.8. The maximum Gasteiger partial charge on any atom is 0.0794 e. The van der Waals surface area contributed by atoms with Crippen LogP contribution in [0.15, 0.2) is 10.9 Å². The second kappa shape index (κ2) is 6.30. The van der Waals surface area contributed by atoms with E-state index in [4.69, 9.17) is 0 Å². The van der Waals surface area contributed by atoms with Gasteiger partial charge in [0.2, 0.25) is 0 Å². The molecule has 0 aliphatic rings. The lowest BCUT2D eigenvalue weighted by Crippen LogP contribution is -2.22. The van der Waals surface area contributed by atoms with Crippen LogP contribution in [0.4, 0.5) is 0 Å². The number of thiazole rings is 1. The van der Waals surface area contributed by atoms with Gasteiger partial charge in [-0.3, -0.25) is 4.68 Å². The monoisotopic (exact) mass is 278 g/mol. The van der Waals surface area contributed by atoms with Gasteiger partial charge in [0.1, 0.15) is 0 Å². The molecule has 0 aliphatic carbocycles. The van der Waals surface area contributed by atoms with E-state index in [9.17, 15) is 0 Å². The van der Waals surface area contributed by atoms with Crippen molar-refractivity contribution in [2.24, 2.45) is 0 Å². The van der Waals surface area contributed by atoms with E-state index in [1.807, 2.05) is 5.51 Å². The minimum Gasteiger partial charge on any atom is -0.310 e. The van der Waals surface area contributed by atoms with Gasteiger partial charge in [-0.25, -0.2) is 4.98 Å². The molecule has 1 N–H and O–H groups in total. The van der Waals surface area contributed by atoms with Crippen molar-refractivity contribution >= 4 is 11.3 Å². The molecule has 0 radical (unpaired) electrons. The quantitative estimate of drug-likeness (QED) is 0.883. The number of nitrogens with zero attached hydrogens (tertiary/aromatic N) is 3. The SMILES string of the molecule is CCn1nc(C)c(C(C)NCCc2cscn2)c1C. The van der Waals surface area contributed by atoms with Crippen LogP contribution in [0.1, 0.15) is 42.5 Å². The van der Waals surface area contributed by atoms with Gasteiger partial charge in [-0.05, 0) is 27.7 Å². The number of hydrogen-bond acceptors (Lipinski definition) is 4. The fourth-order valence-corrected chi connectivity index (χ4v) is 3.12. The van der Waals surface area contributed by atoms with E-state index >= 15 is 0 Å². The Morgan fingerprint density at radius 2 is 2.21 bits per heavy atom. The Morgan fingerprint density at radius 3 is 2.79 bits per heavy atom. The molecule has 0 amide bonds. The summed E-state index contributed by atoms with van der Waals surface area (Å²) in [6.07, 6.45) is 0.980. The molecule has 2 rings (SSSR count). The van der Waals surface area contributed by atoms with Gasteiger partial charge in [0, 0.05) is 42.2 Å². The second-order valence-electron chi connectivity index (χ2n) is 4.81. The fraction of sp³-hybridized carbons (Fsp3) is 0.571. The molecule has 104 valence electrons. The van der Waals surface area contributed by atoms with Crippen LogP contribution in [0.2, 0.25) is 0 Å². The average molecular weight is 278 g/mol. The number of hydrogen-bond donors (Lipinski definition) is 1. The Kier molecular flexibility index (Phi) is 4.71. The Bertz CT molecular complexity index is 516. The summed E-state index contributed by atoms with van der Waals surface area (Å²) in [6, 6.07) is 0.332. The smallest absolute Gasteiger partial charge is 0.0794 e. The van der Waals surface area contributed by atoms with Gasteiger partial charge in [0.15, 0.2) is 0 Å². The van der Waals surface area contributed by atoms with Gasteiger partial charge < -0.3 is 5.32 Å².